The lowest BCUT2D eigenvalue weighted by molar-refractivity contribution is 0.361. The van der Waals surface area contributed by atoms with Crippen LogP contribution in [0, 0.1) is 17.6 Å². The fraction of sp³-hybridized carbons (Fsp3) is 0.600. The number of rotatable bonds is 7. The van der Waals surface area contributed by atoms with Crippen molar-refractivity contribution in [2.75, 3.05) is 7.05 Å². The molecule has 1 aromatic rings. The van der Waals surface area contributed by atoms with E-state index in [2.05, 4.69) is 19.2 Å². The third-order valence-electron chi connectivity index (χ3n) is 3.52. The summed E-state index contributed by atoms with van der Waals surface area (Å²) in [4.78, 5) is 0. The average molecular weight is 255 g/mol. The fourth-order valence-corrected chi connectivity index (χ4v) is 2.25. The molecule has 102 valence electrons. The van der Waals surface area contributed by atoms with Crippen molar-refractivity contribution in [1.82, 2.24) is 5.32 Å². The van der Waals surface area contributed by atoms with Crippen LogP contribution < -0.4 is 5.32 Å². The Balaban J connectivity index is 2.69. The van der Waals surface area contributed by atoms with Gasteiger partial charge in [-0.25, -0.2) is 8.78 Å². The molecule has 0 saturated heterocycles. The Bertz CT molecular complexity index is 366. The van der Waals surface area contributed by atoms with Crippen molar-refractivity contribution in [1.29, 1.82) is 0 Å². The Morgan fingerprint density at radius 2 is 2.00 bits per heavy atom. The van der Waals surface area contributed by atoms with Crippen molar-refractivity contribution in [2.45, 2.75) is 45.6 Å². The third kappa shape index (κ3) is 4.37. The van der Waals surface area contributed by atoms with Gasteiger partial charge in [0.15, 0.2) is 0 Å². The molecule has 0 aliphatic rings. The molecule has 0 saturated carbocycles. The summed E-state index contributed by atoms with van der Waals surface area (Å²) in [6.45, 7) is 4.32. The zero-order valence-corrected chi connectivity index (χ0v) is 11.5. The van der Waals surface area contributed by atoms with Gasteiger partial charge in [-0.1, -0.05) is 26.7 Å². The van der Waals surface area contributed by atoms with E-state index in [0.717, 1.165) is 18.9 Å². The summed E-state index contributed by atoms with van der Waals surface area (Å²) in [6.07, 6.45) is 3.98. The largest absolute Gasteiger partial charge is 0.316 e. The molecule has 2 unspecified atom stereocenters. The smallest absolute Gasteiger partial charge is 0.126 e. The van der Waals surface area contributed by atoms with E-state index in [1.54, 1.807) is 0 Å². The van der Waals surface area contributed by atoms with Gasteiger partial charge < -0.3 is 5.32 Å². The van der Waals surface area contributed by atoms with E-state index in [1.807, 2.05) is 7.05 Å². The Morgan fingerprint density at radius 3 is 2.61 bits per heavy atom. The zero-order chi connectivity index (χ0) is 13.5. The molecule has 0 fully saturated rings. The summed E-state index contributed by atoms with van der Waals surface area (Å²) in [5, 5.41) is 3.22. The van der Waals surface area contributed by atoms with Gasteiger partial charge >= 0.3 is 0 Å². The molecule has 0 bridgehead atoms. The highest BCUT2D eigenvalue weighted by Gasteiger charge is 2.17. The first-order valence-corrected chi connectivity index (χ1v) is 6.69. The summed E-state index contributed by atoms with van der Waals surface area (Å²) in [7, 11) is 1.88. The first-order chi connectivity index (χ1) is 8.58. The topological polar surface area (TPSA) is 12.0 Å². The minimum Gasteiger partial charge on any atom is -0.316 e. The minimum atomic E-state index is -0.373. The SMILES string of the molecule is CCCCC(C)C(Cc1cc(F)ccc1F)NC. The van der Waals surface area contributed by atoms with Crippen LogP contribution in [0.4, 0.5) is 8.78 Å². The van der Waals surface area contributed by atoms with E-state index in [0.29, 0.717) is 17.9 Å². The second-order valence-electron chi connectivity index (χ2n) is 4.95. The molecule has 1 rings (SSSR count). The molecular weight excluding hydrogens is 232 g/mol. The number of hydrogen-bond acceptors (Lipinski definition) is 1. The highest BCUT2D eigenvalue weighted by molar-refractivity contribution is 5.20. The maximum Gasteiger partial charge on any atom is 0.126 e. The van der Waals surface area contributed by atoms with Gasteiger partial charge in [-0.3, -0.25) is 0 Å². The molecule has 1 aromatic carbocycles. The van der Waals surface area contributed by atoms with Crippen LogP contribution in [0.1, 0.15) is 38.7 Å². The summed E-state index contributed by atoms with van der Waals surface area (Å²) in [5.74, 6) is -0.237. The second-order valence-corrected chi connectivity index (χ2v) is 4.95. The highest BCUT2D eigenvalue weighted by atomic mass is 19.1. The molecule has 2 atom stereocenters. The van der Waals surface area contributed by atoms with Gasteiger partial charge in [-0.2, -0.15) is 0 Å². The van der Waals surface area contributed by atoms with Gasteiger partial charge in [0.2, 0.25) is 0 Å². The molecule has 3 heteroatoms. The monoisotopic (exact) mass is 255 g/mol. The molecule has 0 aliphatic heterocycles. The molecule has 0 aliphatic carbocycles. The minimum absolute atomic E-state index is 0.188. The van der Waals surface area contributed by atoms with Crippen LogP contribution in [0.2, 0.25) is 0 Å². The number of benzene rings is 1. The van der Waals surface area contributed by atoms with Crippen molar-refractivity contribution in [3.63, 3.8) is 0 Å². The number of halogens is 2. The zero-order valence-electron chi connectivity index (χ0n) is 11.5. The quantitative estimate of drug-likeness (QED) is 0.778. The van der Waals surface area contributed by atoms with Crippen molar-refractivity contribution in [3.05, 3.63) is 35.4 Å². The van der Waals surface area contributed by atoms with E-state index in [-0.39, 0.29) is 17.7 Å². The summed E-state index contributed by atoms with van der Waals surface area (Å²) in [5.41, 5.74) is 0.456. The lowest BCUT2D eigenvalue weighted by atomic mass is 9.91. The van der Waals surface area contributed by atoms with E-state index in [1.165, 1.54) is 18.6 Å². The number of likely N-dealkylation sites (N-methyl/N-ethyl adjacent to an activating group) is 1. The molecule has 0 amide bonds. The maximum absolute atomic E-state index is 13.6. The van der Waals surface area contributed by atoms with Crippen LogP contribution in [-0.2, 0) is 6.42 Å². The molecule has 0 heterocycles. The highest BCUT2D eigenvalue weighted by Crippen LogP contribution is 2.18. The van der Waals surface area contributed by atoms with Crippen molar-refractivity contribution in [2.24, 2.45) is 5.92 Å². The van der Waals surface area contributed by atoms with E-state index < -0.39 is 0 Å². The molecule has 1 N–H and O–H groups in total. The number of nitrogens with one attached hydrogen (secondary N) is 1. The third-order valence-corrected chi connectivity index (χ3v) is 3.52. The predicted molar refractivity (Wildman–Crippen MR) is 71.6 cm³/mol. The van der Waals surface area contributed by atoms with E-state index in [9.17, 15) is 8.78 Å². The van der Waals surface area contributed by atoms with Crippen molar-refractivity contribution >= 4 is 0 Å². The molecule has 0 aromatic heterocycles. The first kappa shape index (κ1) is 15.1. The van der Waals surface area contributed by atoms with Crippen LogP contribution in [0.15, 0.2) is 18.2 Å². The lowest BCUT2D eigenvalue weighted by Gasteiger charge is -2.24. The average Bonchev–Trinajstić information content (AvgIpc) is 2.36. The van der Waals surface area contributed by atoms with Crippen LogP contribution in [0.25, 0.3) is 0 Å². The van der Waals surface area contributed by atoms with Gasteiger partial charge in [-0.05, 0) is 49.6 Å². The molecule has 0 spiro atoms. The van der Waals surface area contributed by atoms with Gasteiger partial charge in [0.25, 0.3) is 0 Å². The number of hydrogen-bond donors (Lipinski definition) is 1. The second kappa shape index (κ2) is 7.47. The molecule has 18 heavy (non-hydrogen) atoms. The first-order valence-electron chi connectivity index (χ1n) is 6.69. The van der Waals surface area contributed by atoms with E-state index in [4.69, 9.17) is 0 Å². The Labute approximate surface area is 109 Å². The van der Waals surface area contributed by atoms with Crippen LogP contribution in [0.5, 0.6) is 0 Å². The van der Waals surface area contributed by atoms with Gasteiger partial charge in [0.1, 0.15) is 11.6 Å². The predicted octanol–water partition coefficient (Wildman–Crippen LogP) is 3.92. The Morgan fingerprint density at radius 1 is 1.28 bits per heavy atom. The fourth-order valence-electron chi connectivity index (χ4n) is 2.25. The normalized spacial score (nSPS) is 14.5. The maximum atomic E-state index is 13.6. The van der Waals surface area contributed by atoms with E-state index >= 15 is 0 Å². The van der Waals surface area contributed by atoms with Crippen molar-refractivity contribution in [3.8, 4) is 0 Å². The standard InChI is InChI=1S/C15H23F2N/c1-4-5-6-11(2)15(18-3)10-12-9-13(16)7-8-14(12)17/h7-9,11,15,18H,4-6,10H2,1-3H3. The van der Waals surface area contributed by atoms with Crippen LogP contribution in [0.3, 0.4) is 0 Å². The lowest BCUT2D eigenvalue weighted by Crippen LogP contribution is -2.34. The summed E-state index contributed by atoms with van der Waals surface area (Å²) < 4.78 is 26.7. The summed E-state index contributed by atoms with van der Waals surface area (Å²) in [6, 6.07) is 3.85. The molecule has 1 nitrogen and oxygen atoms in total. The number of unbranched alkanes of at least 4 members (excludes halogenated alkanes) is 1. The molecular formula is C15H23F2N. The Hall–Kier alpha value is -0.960. The van der Waals surface area contributed by atoms with Gasteiger partial charge in [0, 0.05) is 6.04 Å². The van der Waals surface area contributed by atoms with Crippen LogP contribution in [-0.4, -0.2) is 13.1 Å². The molecule has 0 radical (unpaired) electrons. The summed E-state index contributed by atoms with van der Waals surface area (Å²) >= 11 is 0. The van der Waals surface area contributed by atoms with Gasteiger partial charge in [-0.15, -0.1) is 0 Å². The van der Waals surface area contributed by atoms with Gasteiger partial charge in [0.05, 0.1) is 0 Å². The van der Waals surface area contributed by atoms with Crippen molar-refractivity contribution < 1.29 is 8.78 Å². The van der Waals surface area contributed by atoms with Crippen LogP contribution >= 0.6 is 0 Å². The Kier molecular flexibility index (Phi) is 6.27.